The minimum atomic E-state index is -0.264. The zero-order chi connectivity index (χ0) is 18.9. The van der Waals surface area contributed by atoms with Crippen LogP contribution in [0.1, 0.15) is 24.0 Å². The van der Waals surface area contributed by atoms with Gasteiger partial charge in [-0.25, -0.2) is 4.39 Å². The zero-order valence-electron chi connectivity index (χ0n) is 15.7. The quantitative estimate of drug-likeness (QED) is 0.810. The largest absolute Gasteiger partial charge is 0.497 e. The SMILES string of the molecule is COc1ccc(CN2CC[C@@]3(CCN(Cc4cccc(F)c4)C3=O)C2)cc1. The summed E-state index contributed by atoms with van der Waals surface area (Å²) in [7, 11) is 1.67. The van der Waals surface area contributed by atoms with E-state index in [1.54, 1.807) is 13.2 Å². The maximum absolute atomic E-state index is 13.4. The molecule has 0 bridgehead atoms. The average Bonchev–Trinajstić information content (AvgIpc) is 3.21. The molecule has 0 aliphatic carbocycles. The van der Waals surface area contributed by atoms with Crippen molar-refractivity contribution in [1.29, 1.82) is 0 Å². The van der Waals surface area contributed by atoms with Crippen molar-refractivity contribution in [2.45, 2.75) is 25.9 Å². The Balaban J connectivity index is 1.38. The monoisotopic (exact) mass is 368 g/mol. The van der Waals surface area contributed by atoms with Gasteiger partial charge in [-0.05, 0) is 54.8 Å². The van der Waals surface area contributed by atoms with Gasteiger partial charge < -0.3 is 9.64 Å². The fraction of sp³-hybridized carbons (Fsp3) is 0.409. The molecule has 2 aromatic carbocycles. The van der Waals surface area contributed by atoms with Crippen LogP contribution in [0.4, 0.5) is 4.39 Å². The minimum Gasteiger partial charge on any atom is -0.497 e. The number of halogens is 1. The van der Waals surface area contributed by atoms with Crippen LogP contribution in [0.5, 0.6) is 5.75 Å². The first kappa shape index (κ1) is 18.0. The van der Waals surface area contributed by atoms with Crippen LogP contribution in [0.2, 0.25) is 0 Å². The molecule has 142 valence electrons. The van der Waals surface area contributed by atoms with Crippen molar-refractivity contribution in [1.82, 2.24) is 9.80 Å². The molecule has 4 nitrogen and oxygen atoms in total. The summed E-state index contributed by atoms with van der Waals surface area (Å²) in [5, 5.41) is 0. The molecule has 2 aliphatic heterocycles. The van der Waals surface area contributed by atoms with E-state index in [4.69, 9.17) is 4.74 Å². The van der Waals surface area contributed by atoms with Gasteiger partial charge in [0, 0.05) is 26.2 Å². The van der Waals surface area contributed by atoms with Crippen molar-refractivity contribution in [2.24, 2.45) is 5.41 Å². The summed E-state index contributed by atoms with van der Waals surface area (Å²) in [6.07, 6.45) is 1.79. The fourth-order valence-electron chi connectivity index (χ4n) is 4.36. The molecule has 2 fully saturated rings. The number of hydrogen-bond donors (Lipinski definition) is 0. The number of carbonyl (C=O) groups is 1. The van der Waals surface area contributed by atoms with E-state index in [-0.39, 0.29) is 17.1 Å². The summed E-state index contributed by atoms with van der Waals surface area (Å²) in [6.45, 7) is 3.84. The van der Waals surface area contributed by atoms with Crippen molar-refractivity contribution in [3.05, 3.63) is 65.5 Å². The number of nitrogens with zero attached hydrogens (tertiary/aromatic N) is 2. The predicted octanol–water partition coefficient (Wildman–Crippen LogP) is 3.46. The highest BCUT2D eigenvalue weighted by atomic mass is 19.1. The highest BCUT2D eigenvalue weighted by Crippen LogP contribution is 2.41. The molecule has 1 atom stereocenters. The highest BCUT2D eigenvalue weighted by molar-refractivity contribution is 5.85. The number of carbonyl (C=O) groups excluding carboxylic acids is 1. The Kier molecular flexibility index (Phi) is 4.87. The topological polar surface area (TPSA) is 32.8 Å². The van der Waals surface area contributed by atoms with Gasteiger partial charge in [-0.3, -0.25) is 9.69 Å². The van der Waals surface area contributed by atoms with Gasteiger partial charge in [0.15, 0.2) is 0 Å². The lowest BCUT2D eigenvalue weighted by atomic mass is 9.85. The number of rotatable bonds is 5. The molecule has 1 amide bonds. The van der Waals surface area contributed by atoms with Crippen molar-refractivity contribution < 1.29 is 13.9 Å². The van der Waals surface area contributed by atoms with Crippen molar-refractivity contribution in [2.75, 3.05) is 26.7 Å². The van der Waals surface area contributed by atoms with Crippen LogP contribution < -0.4 is 4.74 Å². The Labute approximate surface area is 159 Å². The van der Waals surface area contributed by atoms with E-state index in [0.717, 1.165) is 50.3 Å². The Morgan fingerprint density at radius 1 is 1.04 bits per heavy atom. The second-order valence-electron chi connectivity index (χ2n) is 7.70. The standard InChI is InChI=1S/C22H25FN2O2/c1-27-20-7-5-17(6-8-20)14-24-11-9-22(16-24)10-12-25(21(22)26)15-18-3-2-4-19(23)13-18/h2-8,13H,9-12,14-16H2,1H3/t22-/m1/s1. The second-order valence-corrected chi connectivity index (χ2v) is 7.70. The van der Waals surface area contributed by atoms with Crippen LogP contribution in [-0.2, 0) is 17.9 Å². The van der Waals surface area contributed by atoms with Crippen LogP contribution in [0, 0.1) is 11.2 Å². The average molecular weight is 368 g/mol. The minimum absolute atomic E-state index is 0.226. The molecular formula is C22H25FN2O2. The molecule has 2 aromatic rings. The van der Waals surface area contributed by atoms with Gasteiger partial charge >= 0.3 is 0 Å². The normalized spacial score (nSPS) is 22.7. The maximum Gasteiger partial charge on any atom is 0.230 e. The van der Waals surface area contributed by atoms with Gasteiger partial charge in [-0.15, -0.1) is 0 Å². The molecule has 2 aliphatic rings. The van der Waals surface area contributed by atoms with E-state index in [1.165, 1.54) is 17.7 Å². The first-order valence-corrected chi connectivity index (χ1v) is 9.47. The summed E-state index contributed by atoms with van der Waals surface area (Å²) in [5.41, 5.74) is 1.82. The van der Waals surface area contributed by atoms with Gasteiger partial charge in [0.2, 0.25) is 5.91 Å². The van der Waals surface area contributed by atoms with Crippen LogP contribution in [0.25, 0.3) is 0 Å². The van der Waals surface area contributed by atoms with Gasteiger partial charge in [-0.2, -0.15) is 0 Å². The van der Waals surface area contributed by atoms with Gasteiger partial charge in [-0.1, -0.05) is 24.3 Å². The Hall–Kier alpha value is -2.40. The zero-order valence-corrected chi connectivity index (χ0v) is 15.7. The van der Waals surface area contributed by atoms with E-state index in [9.17, 15) is 9.18 Å². The molecule has 0 aromatic heterocycles. The number of methoxy groups -OCH3 is 1. The molecule has 0 saturated carbocycles. The molecular weight excluding hydrogens is 343 g/mol. The van der Waals surface area contributed by atoms with Crippen molar-refractivity contribution in [3.8, 4) is 5.75 Å². The summed E-state index contributed by atoms with van der Waals surface area (Å²) in [4.78, 5) is 17.4. The third kappa shape index (κ3) is 3.69. The lowest BCUT2D eigenvalue weighted by Gasteiger charge is -2.24. The van der Waals surface area contributed by atoms with E-state index >= 15 is 0 Å². The summed E-state index contributed by atoms with van der Waals surface area (Å²) < 4.78 is 18.6. The first-order valence-electron chi connectivity index (χ1n) is 9.47. The predicted molar refractivity (Wildman–Crippen MR) is 102 cm³/mol. The first-order chi connectivity index (χ1) is 13.1. The number of amides is 1. The van der Waals surface area contributed by atoms with Crippen LogP contribution >= 0.6 is 0 Å². The molecule has 0 N–H and O–H groups in total. The van der Waals surface area contributed by atoms with Gasteiger partial charge in [0.05, 0.1) is 12.5 Å². The molecule has 2 heterocycles. The third-order valence-electron chi connectivity index (χ3n) is 5.86. The number of likely N-dealkylation sites (tertiary alicyclic amines) is 2. The second kappa shape index (κ2) is 7.31. The van der Waals surface area contributed by atoms with Gasteiger partial charge in [0.25, 0.3) is 0 Å². The van der Waals surface area contributed by atoms with E-state index in [0.29, 0.717) is 6.54 Å². The summed E-state index contributed by atoms with van der Waals surface area (Å²) in [6, 6.07) is 14.6. The maximum atomic E-state index is 13.4. The Morgan fingerprint density at radius 2 is 1.81 bits per heavy atom. The number of ether oxygens (including phenoxy) is 1. The number of benzene rings is 2. The Morgan fingerprint density at radius 3 is 2.56 bits per heavy atom. The lowest BCUT2D eigenvalue weighted by Crippen LogP contribution is -2.36. The Bertz CT molecular complexity index is 823. The van der Waals surface area contributed by atoms with Crippen molar-refractivity contribution >= 4 is 5.91 Å². The van der Waals surface area contributed by atoms with E-state index < -0.39 is 0 Å². The van der Waals surface area contributed by atoms with E-state index in [2.05, 4.69) is 17.0 Å². The third-order valence-corrected chi connectivity index (χ3v) is 5.86. The number of hydrogen-bond acceptors (Lipinski definition) is 3. The van der Waals surface area contributed by atoms with Crippen LogP contribution in [-0.4, -0.2) is 42.5 Å². The lowest BCUT2D eigenvalue weighted by molar-refractivity contribution is -0.136. The molecule has 4 rings (SSSR count). The highest BCUT2D eigenvalue weighted by Gasteiger charge is 2.50. The molecule has 1 spiro atoms. The summed E-state index contributed by atoms with van der Waals surface area (Å²) in [5.74, 6) is 0.833. The van der Waals surface area contributed by atoms with Crippen molar-refractivity contribution in [3.63, 3.8) is 0 Å². The smallest absolute Gasteiger partial charge is 0.230 e. The molecule has 5 heteroatoms. The molecule has 2 saturated heterocycles. The molecule has 0 radical (unpaired) electrons. The van der Waals surface area contributed by atoms with Crippen LogP contribution in [0.3, 0.4) is 0 Å². The van der Waals surface area contributed by atoms with E-state index in [1.807, 2.05) is 23.1 Å². The summed E-state index contributed by atoms with van der Waals surface area (Å²) >= 11 is 0. The molecule has 27 heavy (non-hydrogen) atoms. The van der Waals surface area contributed by atoms with Gasteiger partial charge in [0.1, 0.15) is 11.6 Å². The van der Waals surface area contributed by atoms with Crippen LogP contribution in [0.15, 0.2) is 48.5 Å². The fourth-order valence-corrected chi connectivity index (χ4v) is 4.36. The molecule has 0 unspecified atom stereocenters.